The molecule has 0 radical (unpaired) electrons. The maximum Gasteiger partial charge on any atom is 0.343 e. The molecule has 3 aromatic carbocycles. The zero-order chi connectivity index (χ0) is 28.2. The van der Waals surface area contributed by atoms with E-state index in [4.69, 9.17) is 42.6 Å². The van der Waals surface area contributed by atoms with Gasteiger partial charge in [0.1, 0.15) is 18.3 Å². The van der Waals surface area contributed by atoms with Crippen LogP contribution in [0.15, 0.2) is 30.3 Å². The highest BCUT2D eigenvalue weighted by Crippen LogP contribution is 2.55. The van der Waals surface area contributed by atoms with Gasteiger partial charge in [-0.15, -0.1) is 0 Å². The summed E-state index contributed by atoms with van der Waals surface area (Å²) in [7, 11) is 6.72. The summed E-state index contributed by atoms with van der Waals surface area (Å²) in [5, 5.41) is 0. The lowest BCUT2D eigenvalue weighted by atomic mass is 9.85. The molecule has 4 aliphatic rings. The zero-order valence-electron chi connectivity index (χ0n) is 23.1. The number of carbonyl (C=O) groups excluding carboxylic acids is 1. The van der Waals surface area contributed by atoms with E-state index in [-0.39, 0.29) is 26.2 Å². The Morgan fingerprint density at radius 3 is 2.39 bits per heavy atom. The lowest BCUT2D eigenvalue weighted by molar-refractivity contribution is 0.00871. The first-order valence-electron chi connectivity index (χ1n) is 13.2. The molecule has 0 N–H and O–H groups in total. The van der Waals surface area contributed by atoms with E-state index >= 15 is 0 Å². The number of rotatable bonds is 7. The summed E-state index contributed by atoms with van der Waals surface area (Å²) in [6.45, 7) is 1.14. The molecule has 0 aliphatic carbocycles. The van der Waals surface area contributed by atoms with E-state index in [0.29, 0.717) is 57.1 Å². The molecule has 0 unspecified atom stereocenters. The zero-order valence-corrected chi connectivity index (χ0v) is 23.1. The Morgan fingerprint density at radius 1 is 0.878 bits per heavy atom. The third-order valence-electron chi connectivity index (χ3n) is 7.96. The Labute approximate surface area is 236 Å². The number of hydrogen-bond donors (Lipinski definition) is 0. The number of methoxy groups -OCH3 is 3. The van der Waals surface area contributed by atoms with Crippen LogP contribution < -0.4 is 37.9 Å². The third kappa shape index (κ3) is 3.94. The molecule has 0 aromatic heterocycles. The summed E-state index contributed by atoms with van der Waals surface area (Å²) in [5.74, 6) is 3.73. The number of likely N-dealkylation sites (N-methyl/N-ethyl adjacent to an activating group) is 1. The fourth-order valence-corrected chi connectivity index (χ4v) is 6.08. The van der Waals surface area contributed by atoms with Crippen molar-refractivity contribution in [1.29, 1.82) is 0 Å². The normalized spacial score (nSPS) is 19.9. The van der Waals surface area contributed by atoms with Crippen LogP contribution in [-0.2, 0) is 17.8 Å². The van der Waals surface area contributed by atoms with Gasteiger partial charge in [-0.05, 0) is 48.9 Å². The van der Waals surface area contributed by atoms with E-state index in [2.05, 4.69) is 4.90 Å². The maximum absolute atomic E-state index is 13.5. The molecule has 0 fully saturated rings. The van der Waals surface area contributed by atoms with Crippen molar-refractivity contribution in [2.24, 2.45) is 0 Å². The van der Waals surface area contributed by atoms with Crippen molar-refractivity contribution in [2.75, 3.05) is 48.5 Å². The average molecular weight is 564 g/mol. The molecule has 0 saturated carbocycles. The van der Waals surface area contributed by atoms with Crippen LogP contribution in [0.25, 0.3) is 0 Å². The first-order valence-corrected chi connectivity index (χ1v) is 13.2. The van der Waals surface area contributed by atoms with Crippen LogP contribution in [0.2, 0.25) is 0 Å². The molecule has 0 amide bonds. The summed E-state index contributed by atoms with van der Waals surface area (Å²) >= 11 is 0. The van der Waals surface area contributed by atoms with Crippen LogP contribution >= 0.6 is 0 Å². The third-order valence-corrected chi connectivity index (χ3v) is 7.96. The van der Waals surface area contributed by atoms with Crippen molar-refractivity contribution >= 4 is 5.97 Å². The van der Waals surface area contributed by atoms with Gasteiger partial charge in [0, 0.05) is 17.7 Å². The molecule has 4 heterocycles. The molecule has 3 aromatic rings. The van der Waals surface area contributed by atoms with Crippen molar-refractivity contribution in [2.45, 2.75) is 25.2 Å². The minimum absolute atomic E-state index is 0.120. The Hall–Kier alpha value is -4.51. The second-order valence-corrected chi connectivity index (χ2v) is 10.1. The molecule has 0 spiro atoms. The van der Waals surface area contributed by atoms with Gasteiger partial charge in [-0.3, -0.25) is 4.90 Å². The number of hydrogen-bond acceptors (Lipinski definition) is 11. The smallest absolute Gasteiger partial charge is 0.343 e. The SMILES string of the molecule is COc1cc(COc2c(OC)ccc3c2C(=O)O[C@@H]3[C@H]2c3c(cc4c(c3OC)OCO4)CCN2C)cc2c1OCO2. The Bertz CT molecular complexity index is 1550. The second kappa shape index (κ2) is 9.84. The van der Waals surface area contributed by atoms with Crippen LogP contribution in [0.5, 0.6) is 46.0 Å². The monoisotopic (exact) mass is 563 g/mol. The molecule has 0 saturated heterocycles. The molecule has 11 nitrogen and oxygen atoms in total. The first-order chi connectivity index (χ1) is 20.0. The topological polar surface area (TPSA) is 103 Å². The number of carbonyl (C=O) groups is 1. The minimum Gasteiger partial charge on any atom is -0.493 e. The highest BCUT2D eigenvalue weighted by atomic mass is 16.7. The number of ether oxygens (including phenoxy) is 9. The summed E-state index contributed by atoms with van der Waals surface area (Å²) < 4.78 is 51.8. The van der Waals surface area contributed by atoms with Crippen molar-refractivity contribution in [3.05, 3.63) is 58.1 Å². The molecule has 7 rings (SSSR count). The van der Waals surface area contributed by atoms with Crippen LogP contribution in [0.1, 0.15) is 44.8 Å². The predicted octanol–water partition coefficient (Wildman–Crippen LogP) is 4.19. The highest BCUT2D eigenvalue weighted by molar-refractivity contribution is 5.98. The molecule has 214 valence electrons. The largest absolute Gasteiger partial charge is 0.493 e. The number of fused-ring (bicyclic) bond motifs is 4. The van der Waals surface area contributed by atoms with E-state index in [9.17, 15) is 4.79 Å². The number of cyclic esters (lactones) is 1. The molecular weight excluding hydrogens is 534 g/mol. The fraction of sp³-hybridized carbons (Fsp3) is 0.367. The number of nitrogens with zero attached hydrogens (tertiary/aromatic N) is 1. The molecule has 2 atom stereocenters. The number of esters is 1. The van der Waals surface area contributed by atoms with Gasteiger partial charge in [0.25, 0.3) is 0 Å². The van der Waals surface area contributed by atoms with Crippen molar-refractivity contribution in [1.82, 2.24) is 4.90 Å². The van der Waals surface area contributed by atoms with Gasteiger partial charge in [-0.1, -0.05) is 6.07 Å². The summed E-state index contributed by atoms with van der Waals surface area (Å²) in [6, 6.07) is 8.97. The van der Waals surface area contributed by atoms with Gasteiger partial charge in [-0.25, -0.2) is 4.79 Å². The van der Waals surface area contributed by atoms with Crippen molar-refractivity contribution < 1.29 is 47.4 Å². The van der Waals surface area contributed by atoms with Crippen LogP contribution in [0, 0.1) is 0 Å². The molecule has 11 heteroatoms. The molecule has 41 heavy (non-hydrogen) atoms. The van der Waals surface area contributed by atoms with Crippen LogP contribution in [0.3, 0.4) is 0 Å². The molecule has 0 bridgehead atoms. The Morgan fingerprint density at radius 2 is 1.63 bits per heavy atom. The van der Waals surface area contributed by atoms with Crippen LogP contribution in [-0.4, -0.2) is 59.4 Å². The van der Waals surface area contributed by atoms with Gasteiger partial charge >= 0.3 is 5.97 Å². The first kappa shape index (κ1) is 25.5. The molecule has 4 aliphatic heterocycles. The maximum atomic E-state index is 13.5. The Balaban J connectivity index is 1.27. The second-order valence-electron chi connectivity index (χ2n) is 10.1. The van der Waals surface area contributed by atoms with Gasteiger partial charge in [0.15, 0.2) is 34.5 Å². The number of benzene rings is 3. The van der Waals surface area contributed by atoms with Gasteiger partial charge in [0.2, 0.25) is 25.1 Å². The fourth-order valence-electron chi connectivity index (χ4n) is 6.08. The van der Waals surface area contributed by atoms with E-state index in [1.165, 1.54) is 7.11 Å². The van der Waals surface area contributed by atoms with Crippen molar-refractivity contribution in [3.63, 3.8) is 0 Å². The lowest BCUT2D eigenvalue weighted by Crippen LogP contribution is -2.36. The van der Waals surface area contributed by atoms with E-state index in [1.807, 2.05) is 31.3 Å². The summed E-state index contributed by atoms with van der Waals surface area (Å²) in [5.41, 5.74) is 3.80. The Kier molecular flexibility index (Phi) is 6.11. The van der Waals surface area contributed by atoms with Crippen LogP contribution in [0.4, 0.5) is 0 Å². The summed E-state index contributed by atoms with van der Waals surface area (Å²) in [4.78, 5) is 15.7. The average Bonchev–Trinajstić information content (AvgIpc) is 3.73. The molecular formula is C30H29NO10. The van der Waals surface area contributed by atoms with E-state index < -0.39 is 12.1 Å². The van der Waals surface area contributed by atoms with Crippen molar-refractivity contribution in [3.8, 4) is 46.0 Å². The highest BCUT2D eigenvalue weighted by Gasteiger charge is 2.46. The van der Waals surface area contributed by atoms with E-state index in [0.717, 1.165) is 29.7 Å². The van der Waals surface area contributed by atoms with Gasteiger partial charge in [-0.2, -0.15) is 0 Å². The van der Waals surface area contributed by atoms with Gasteiger partial charge < -0.3 is 42.6 Å². The van der Waals surface area contributed by atoms with Gasteiger partial charge in [0.05, 0.1) is 27.4 Å². The quantitative estimate of drug-likeness (QED) is 0.387. The standard InChI is InChI=1S/C30H29NO10/c1-31-8-7-16-11-21-28(40-14-38-21)29(35-4)22(16)24(31)25-17-5-6-18(33-2)27(23(17)30(32)41-25)36-12-15-9-19(34-3)26-20(10-15)37-13-39-26/h5-6,9-11,24-25H,7-8,12-14H2,1-4H3/t24-,25+/m1/s1. The predicted molar refractivity (Wildman–Crippen MR) is 143 cm³/mol. The van der Waals surface area contributed by atoms with E-state index in [1.54, 1.807) is 20.3 Å². The lowest BCUT2D eigenvalue weighted by Gasteiger charge is -2.38. The summed E-state index contributed by atoms with van der Waals surface area (Å²) in [6.07, 6.45) is 0.174. The minimum atomic E-state index is -0.616.